The van der Waals surface area contributed by atoms with Gasteiger partial charge in [0, 0.05) is 6.54 Å². The highest BCUT2D eigenvalue weighted by molar-refractivity contribution is 5.88. The van der Waals surface area contributed by atoms with E-state index in [0.717, 1.165) is 12.8 Å². The predicted octanol–water partition coefficient (Wildman–Crippen LogP) is 1.22. The first-order valence-electron chi connectivity index (χ1n) is 7.31. The second kappa shape index (κ2) is 7.28. The second-order valence-electron chi connectivity index (χ2n) is 5.44. The van der Waals surface area contributed by atoms with Crippen molar-refractivity contribution in [3.63, 3.8) is 0 Å². The van der Waals surface area contributed by atoms with Crippen molar-refractivity contribution in [1.29, 1.82) is 0 Å². The number of aliphatic carboxylic acids is 1. The molecule has 1 aliphatic rings. The minimum Gasteiger partial charge on any atom is -0.480 e. The lowest BCUT2D eigenvalue weighted by molar-refractivity contribution is -0.144. The molecule has 21 heavy (non-hydrogen) atoms. The van der Waals surface area contributed by atoms with E-state index in [2.05, 4.69) is 5.32 Å². The average Bonchev–Trinajstić information content (AvgIpc) is 3.22. The van der Waals surface area contributed by atoms with Gasteiger partial charge in [0.15, 0.2) is 0 Å². The Kier molecular flexibility index (Phi) is 5.99. The van der Waals surface area contributed by atoms with Crippen molar-refractivity contribution in [2.24, 2.45) is 5.92 Å². The molecule has 0 saturated heterocycles. The molecule has 120 valence electrons. The molecule has 0 aromatic rings. The fourth-order valence-electron chi connectivity index (χ4n) is 2.18. The molecular formula is C14H24N2O5. The molecule has 0 aliphatic heterocycles. The van der Waals surface area contributed by atoms with E-state index in [4.69, 9.17) is 4.74 Å². The smallest absolute Gasteiger partial charge is 0.329 e. The summed E-state index contributed by atoms with van der Waals surface area (Å²) in [5.41, 5.74) is -1.28. The summed E-state index contributed by atoms with van der Waals surface area (Å²) in [7, 11) is 0. The molecule has 0 bridgehead atoms. The minimum absolute atomic E-state index is 0.0509. The van der Waals surface area contributed by atoms with Crippen molar-refractivity contribution in [1.82, 2.24) is 10.2 Å². The molecule has 1 saturated carbocycles. The van der Waals surface area contributed by atoms with Crippen LogP contribution in [0.15, 0.2) is 0 Å². The number of nitrogens with zero attached hydrogens (tertiary/aromatic N) is 1. The lowest BCUT2D eigenvalue weighted by Gasteiger charge is -2.30. The Balaban J connectivity index is 2.71. The van der Waals surface area contributed by atoms with E-state index in [1.54, 1.807) is 6.92 Å². The van der Waals surface area contributed by atoms with Crippen molar-refractivity contribution in [2.45, 2.75) is 45.6 Å². The van der Waals surface area contributed by atoms with E-state index in [1.807, 2.05) is 6.92 Å². The number of carboxylic acids is 1. The molecule has 0 aromatic heterocycles. The number of ether oxygens (including phenoxy) is 1. The van der Waals surface area contributed by atoms with Gasteiger partial charge in [-0.25, -0.2) is 9.59 Å². The minimum atomic E-state index is -1.28. The summed E-state index contributed by atoms with van der Waals surface area (Å²) in [4.78, 5) is 36.5. The third-order valence-corrected chi connectivity index (χ3v) is 3.61. The zero-order chi connectivity index (χ0) is 16.0. The predicted molar refractivity (Wildman–Crippen MR) is 75.8 cm³/mol. The molecule has 0 radical (unpaired) electrons. The highest BCUT2D eigenvalue weighted by Gasteiger charge is 2.49. The lowest BCUT2D eigenvalue weighted by atomic mass is 9.96. The fraction of sp³-hybridized carbons (Fsp3) is 0.786. The third-order valence-electron chi connectivity index (χ3n) is 3.61. The van der Waals surface area contributed by atoms with E-state index in [0.29, 0.717) is 13.0 Å². The molecule has 0 spiro atoms. The molecule has 2 amide bonds. The van der Waals surface area contributed by atoms with Gasteiger partial charge in [-0.3, -0.25) is 4.79 Å². The Morgan fingerprint density at radius 2 is 1.95 bits per heavy atom. The molecule has 0 heterocycles. The van der Waals surface area contributed by atoms with Gasteiger partial charge >= 0.3 is 18.0 Å². The number of esters is 1. The summed E-state index contributed by atoms with van der Waals surface area (Å²) in [5, 5.41) is 11.9. The topological polar surface area (TPSA) is 95.9 Å². The normalized spacial score (nSPS) is 16.7. The van der Waals surface area contributed by atoms with Gasteiger partial charge in [0.25, 0.3) is 0 Å². The number of rotatable bonds is 8. The van der Waals surface area contributed by atoms with Gasteiger partial charge in [0.2, 0.25) is 0 Å². The van der Waals surface area contributed by atoms with E-state index in [-0.39, 0.29) is 19.1 Å². The zero-order valence-corrected chi connectivity index (χ0v) is 12.8. The van der Waals surface area contributed by atoms with Gasteiger partial charge in [-0.15, -0.1) is 0 Å². The van der Waals surface area contributed by atoms with Crippen LogP contribution in [0, 0.1) is 5.92 Å². The highest BCUT2D eigenvalue weighted by atomic mass is 16.5. The Bertz CT molecular complexity index is 408. The van der Waals surface area contributed by atoms with Gasteiger partial charge in [-0.2, -0.15) is 0 Å². The van der Waals surface area contributed by atoms with E-state index in [9.17, 15) is 19.5 Å². The first-order valence-corrected chi connectivity index (χ1v) is 7.31. The SMILES string of the molecule is CCCN(CC(=O)OCC)C(=O)NC(C)(C(=O)O)C1CC1. The Morgan fingerprint density at radius 3 is 2.38 bits per heavy atom. The molecule has 1 rings (SSSR count). The summed E-state index contributed by atoms with van der Waals surface area (Å²) in [6.45, 7) is 5.52. The number of hydrogen-bond acceptors (Lipinski definition) is 4. The van der Waals surface area contributed by atoms with Crippen LogP contribution in [0.2, 0.25) is 0 Å². The summed E-state index contributed by atoms with van der Waals surface area (Å²) in [5.74, 6) is -1.60. The maximum Gasteiger partial charge on any atom is 0.329 e. The van der Waals surface area contributed by atoms with Gasteiger partial charge in [-0.1, -0.05) is 6.92 Å². The van der Waals surface area contributed by atoms with Crippen LogP contribution >= 0.6 is 0 Å². The van der Waals surface area contributed by atoms with E-state index < -0.39 is 23.5 Å². The monoisotopic (exact) mass is 300 g/mol. The molecule has 1 unspecified atom stereocenters. The molecular weight excluding hydrogens is 276 g/mol. The third kappa shape index (κ3) is 4.61. The number of amides is 2. The molecule has 1 fully saturated rings. The molecule has 1 aliphatic carbocycles. The average molecular weight is 300 g/mol. The van der Waals surface area contributed by atoms with Crippen LogP contribution in [0.4, 0.5) is 4.79 Å². The van der Waals surface area contributed by atoms with Crippen molar-refractivity contribution in [3.05, 3.63) is 0 Å². The van der Waals surface area contributed by atoms with Crippen molar-refractivity contribution < 1.29 is 24.2 Å². The second-order valence-corrected chi connectivity index (χ2v) is 5.44. The number of urea groups is 1. The van der Waals surface area contributed by atoms with Crippen LogP contribution in [0.3, 0.4) is 0 Å². The van der Waals surface area contributed by atoms with Crippen LogP contribution in [0.5, 0.6) is 0 Å². The largest absolute Gasteiger partial charge is 0.480 e. The van der Waals surface area contributed by atoms with Gasteiger partial charge in [0.1, 0.15) is 12.1 Å². The fourth-order valence-corrected chi connectivity index (χ4v) is 2.18. The number of nitrogens with one attached hydrogen (secondary N) is 1. The standard InChI is InChI=1S/C14H24N2O5/c1-4-8-16(9-11(17)21-5-2)13(20)15-14(3,12(18)19)10-6-7-10/h10H,4-9H2,1-3H3,(H,15,20)(H,18,19). The van der Waals surface area contributed by atoms with E-state index >= 15 is 0 Å². The first-order chi connectivity index (χ1) is 9.85. The van der Waals surface area contributed by atoms with Gasteiger partial charge < -0.3 is 20.1 Å². The van der Waals surface area contributed by atoms with Crippen LogP contribution in [-0.4, -0.2) is 53.2 Å². The quantitative estimate of drug-likeness (QED) is 0.657. The Hall–Kier alpha value is -1.79. The summed E-state index contributed by atoms with van der Waals surface area (Å²) >= 11 is 0. The molecule has 2 N–H and O–H groups in total. The Labute approximate surface area is 124 Å². The number of hydrogen-bond donors (Lipinski definition) is 2. The first kappa shape index (κ1) is 17.3. The molecule has 7 nitrogen and oxygen atoms in total. The lowest BCUT2D eigenvalue weighted by Crippen LogP contribution is -2.58. The van der Waals surface area contributed by atoms with Crippen molar-refractivity contribution in [2.75, 3.05) is 19.7 Å². The molecule has 0 aromatic carbocycles. The highest BCUT2D eigenvalue weighted by Crippen LogP contribution is 2.39. The molecule has 1 atom stereocenters. The van der Waals surface area contributed by atoms with Crippen molar-refractivity contribution >= 4 is 18.0 Å². The van der Waals surface area contributed by atoms with Gasteiger partial charge in [0.05, 0.1) is 6.61 Å². The number of carbonyl (C=O) groups excluding carboxylic acids is 2. The zero-order valence-electron chi connectivity index (χ0n) is 12.8. The summed E-state index contributed by atoms with van der Waals surface area (Å²) in [6, 6.07) is -0.540. The van der Waals surface area contributed by atoms with Crippen LogP contribution in [0.25, 0.3) is 0 Å². The van der Waals surface area contributed by atoms with E-state index in [1.165, 1.54) is 11.8 Å². The van der Waals surface area contributed by atoms with Crippen LogP contribution in [0.1, 0.15) is 40.0 Å². The summed E-state index contributed by atoms with van der Waals surface area (Å²) in [6.07, 6.45) is 2.24. The van der Waals surface area contributed by atoms with Gasteiger partial charge in [-0.05, 0) is 39.0 Å². The number of carbonyl (C=O) groups is 3. The van der Waals surface area contributed by atoms with Crippen molar-refractivity contribution in [3.8, 4) is 0 Å². The maximum absolute atomic E-state index is 12.3. The Morgan fingerprint density at radius 1 is 1.33 bits per heavy atom. The van der Waals surface area contributed by atoms with Crippen LogP contribution < -0.4 is 5.32 Å². The summed E-state index contributed by atoms with van der Waals surface area (Å²) < 4.78 is 4.83. The number of carboxylic acid groups (broad SMARTS) is 1. The maximum atomic E-state index is 12.3. The van der Waals surface area contributed by atoms with Crippen LogP contribution in [-0.2, 0) is 14.3 Å². The molecule has 7 heteroatoms.